The summed E-state index contributed by atoms with van der Waals surface area (Å²) < 4.78 is 4.29. The van der Waals surface area contributed by atoms with Gasteiger partial charge in [-0.25, -0.2) is 9.59 Å². The van der Waals surface area contributed by atoms with E-state index in [9.17, 15) is 9.59 Å². The molecule has 4 aromatic carbocycles. The number of rotatable bonds is 7. The molecule has 4 nitrogen and oxygen atoms in total. The van der Waals surface area contributed by atoms with Gasteiger partial charge in [0.25, 0.3) is 0 Å². The second-order valence-corrected chi connectivity index (χ2v) is 7.88. The van der Waals surface area contributed by atoms with Gasteiger partial charge >= 0.3 is 12.1 Å². The molecule has 4 heteroatoms. The van der Waals surface area contributed by atoms with Crippen LogP contribution in [0.5, 0.6) is 0 Å². The molecular weight excluding hydrogens is 424 g/mol. The van der Waals surface area contributed by atoms with E-state index in [0.29, 0.717) is 6.42 Å². The Hall–Kier alpha value is -4.44. The molecule has 1 N–H and O–H groups in total. The van der Waals surface area contributed by atoms with Crippen LogP contribution in [-0.4, -0.2) is 17.2 Å². The molecule has 0 spiro atoms. The number of carboxylic acid groups (broad SMARTS) is 1. The highest BCUT2D eigenvalue weighted by atomic mass is 16.7. The quantitative estimate of drug-likeness (QED) is 0.189. The first kappa shape index (κ1) is 22.7. The van der Waals surface area contributed by atoms with Crippen LogP contribution < -0.4 is 0 Å². The maximum atomic E-state index is 12.0. The molecule has 0 radical (unpaired) electrons. The van der Waals surface area contributed by atoms with Crippen molar-refractivity contribution in [3.8, 4) is 0 Å². The second kappa shape index (κ2) is 10.9. The molecule has 0 aliphatic carbocycles. The molecule has 0 fully saturated rings. The van der Waals surface area contributed by atoms with Gasteiger partial charge in [-0.2, -0.15) is 0 Å². The van der Waals surface area contributed by atoms with Crippen molar-refractivity contribution in [2.45, 2.75) is 12.8 Å². The molecule has 0 bridgehead atoms. The third-order valence-electron chi connectivity index (χ3n) is 5.58. The highest BCUT2D eigenvalue weighted by Gasteiger charge is 2.16. The lowest BCUT2D eigenvalue weighted by Gasteiger charge is -2.18. The summed E-state index contributed by atoms with van der Waals surface area (Å²) >= 11 is 0. The van der Waals surface area contributed by atoms with Crippen LogP contribution in [0.4, 0.5) is 4.79 Å². The Kier molecular flexibility index (Phi) is 7.31. The summed E-state index contributed by atoms with van der Waals surface area (Å²) in [7, 11) is 0. The fourth-order valence-electron chi connectivity index (χ4n) is 3.95. The highest BCUT2D eigenvalue weighted by Crippen LogP contribution is 2.32. The van der Waals surface area contributed by atoms with E-state index in [1.807, 2.05) is 66.7 Å². The number of allylic oxidation sites excluding steroid dienone is 2. The number of hydrogen-bond acceptors (Lipinski definition) is 3. The van der Waals surface area contributed by atoms with Crippen LogP contribution in [0.25, 0.3) is 11.1 Å². The molecule has 0 heterocycles. The monoisotopic (exact) mass is 448 g/mol. The molecule has 0 atom stereocenters. The van der Waals surface area contributed by atoms with Gasteiger partial charge in [0.2, 0.25) is 0 Å². The minimum absolute atomic E-state index is 0.189. The number of esters is 1. The molecule has 0 saturated heterocycles. The summed E-state index contributed by atoms with van der Waals surface area (Å²) in [5.41, 5.74) is 6.99. The number of ether oxygens (including phenoxy) is 1. The lowest BCUT2D eigenvalue weighted by Crippen LogP contribution is -2.10. The molecule has 0 saturated carbocycles. The fraction of sp³-hybridized carbons (Fsp3) is 0.0667. The number of carbonyl (C=O) groups excluding carboxylic acids is 1. The normalized spacial score (nSPS) is 11.4. The van der Waals surface area contributed by atoms with Crippen molar-refractivity contribution in [1.82, 2.24) is 0 Å². The van der Waals surface area contributed by atoms with Gasteiger partial charge in [-0.05, 0) is 58.4 Å². The molecule has 168 valence electrons. The van der Waals surface area contributed by atoms with Gasteiger partial charge in [0.05, 0.1) is 5.56 Å². The molecule has 34 heavy (non-hydrogen) atoms. The third-order valence-corrected chi connectivity index (χ3v) is 5.58. The van der Waals surface area contributed by atoms with E-state index >= 15 is 0 Å². The number of benzene rings is 4. The Morgan fingerprint density at radius 3 is 1.35 bits per heavy atom. The van der Waals surface area contributed by atoms with Crippen molar-refractivity contribution in [2.24, 2.45) is 0 Å². The van der Waals surface area contributed by atoms with Crippen molar-refractivity contribution in [3.05, 3.63) is 143 Å². The zero-order chi connectivity index (χ0) is 23.8. The Labute approximate surface area is 198 Å². The van der Waals surface area contributed by atoms with Crippen LogP contribution in [0.2, 0.25) is 0 Å². The summed E-state index contributed by atoms with van der Waals surface area (Å²) in [4.78, 5) is 22.7. The molecule has 4 rings (SSSR count). The van der Waals surface area contributed by atoms with E-state index in [-0.39, 0.29) is 5.56 Å². The van der Waals surface area contributed by atoms with Crippen LogP contribution in [0.1, 0.15) is 32.6 Å². The van der Waals surface area contributed by atoms with E-state index in [0.717, 1.165) is 23.1 Å². The van der Waals surface area contributed by atoms with Crippen LogP contribution in [0, 0.1) is 0 Å². The smallest absolute Gasteiger partial charge is 0.449 e. The summed E-state index contributed by atoms with van der Waals surface area (Å²) in [5.74, 6) is -0.889. The Morgan fingerprint density at radius 2 is 0.912 bits per heavy atom. The van der Waals surface area contributed by atoms with Gasteiger partial charge < -0.3 is 9.84 Å². The molecule has 0 aliphatic heterocycles. The Bertz CT molecular complexity index is 1280. The number of carbonyl (C=O) groups is 2. The predicted molar refractivity (Wildman–Crippen MR) is 133 cm³/mol. The van der Waals surface area contributed by atoms with Crippen molar-refractivity contribution in [2.75, 3.05) is 0 Å². The van der Waals surface area contributed by atoms with Crippen LogP contribution >= 0.6 is 0 Å². The van der Waals surface area contributed by atoms with Crippen LogP contribution in [0.15, 0.2) is 115 Å². The topological polar surface area (TPSA) is 63.6 Å². The molecule has 0 amide bonds. The van der Waals surface area contributed by atoms with E-state index in [1.54, 1.807) is 12.1 Å². The maximum Gasteiger partial charge on any atom is 0.513 e. The van der Waals surface area contributed by atoms with Gasteiger partial charge in [0.1, 0.15) is 0 Å². The minimum atomic E-state index is -1.62. The van der Waals surface area contributed by atoms with E-state index < -0.39 is 12.1 Å². The van der Waals surface area contributed by atoms with E-state index in [2.05, 4.69) is 41.1 Å². The van der Waals surface area contributed by atoms with E-state index in [1.165, 1.54) is 16.7 Å². The molecule has 4 aromatic rings. The van der Waals surface area contributed by atoms with Gasteiger partial charge in [-0.1, -0.05) is 103 Å². The van der Waals surface area contributed by atoms with Gasteiger partial charge in [-0.3, -0.25) is 0 Å². The first-order valence-electron chi connectivity index (χ1n) is 11.0. The summed E-state index contributed by atoms with van der Waals surface area (Å²) in [6.07, 6.45) is -0.167. The van der Waals surface area contributed by atoms with Crippen molar-refractivity contribution in [1.29, 1.82) is 0 Å². The minimum Gasteiger partial charge on any atom is -0.449 e. The van der Waals surface area contributed by atoms with Crippen molar-refractivity contribution in [3.63, 3.8) is 0 Å². The number of hydrogen-bond donors (Lipinski definition) is 1. The average molecular weight is 449 g/mol. The van der Waals surface area contributed by atoms with Gasteiger partial charge in [0, 0.05) is 0 Å². The molecular formula is C30H24O4. The lowest BCUT2D eigenvalue weighted by molar-refractivity contribution is 0.0509. The molecule has 0 aliphatic rings. The second-order valence-electron chi connectivity index (χ2n) is 7.88. The lowest BCUT2D eigenvalue weighted by atomic mass is 9.86. The Balaban J connectivity index is 1.83. The molecule has 0 unspecified atom stereocenters. The standard InChI is InChI=1S/C30H24O4/c31-29(34-30(32)33)26-18-16-25(17-19-26)28(21-23-12-6-2-7-13-23)27(24-14-8-3-9-15-24)20-22-10-4-1-5-11-22/h1-19H,20-21H2,(H,32,33). The summed E-state index contributed by atoms with van der Waals surface area (Å²) in [6, 6.07) is 37.8. The largest absolute Gasteiger partial charge is 0.513 e. The zero-order valence-electron chi connectivity index (χ0n) is 18.6. The SMILES string of the molecule is O=C(O)OC(=O)c1ccc(C(Cc2ccccc2)=C(Cc2ccccc2)c2ccccc2)cc1. The fourth-order valence-corrected chi connectivity index (χ4v) is 3.95. The third kappa shape index (κ3) is 5.87. The van der Waals surface area contributed by atoms with Gasteiger partial charge in [-0.15, -0.1) is 0 Å². The van der Waals surface area contributed by atoms with Crippen LogP contribution in [-0.2, 0) is 17.6 Å². The average Bonchev–Trinajstić information content (AvgIpc) is 2.87. The molecule has 0 aromatic heterocycles. The van der Waals surface area contributed by atoms with Crippen LogP contribution in [0.3, 0.4) is 0 Å². The van der Waals surface area contributed by atoms with Gasteiger partial charge in [0.15, 0.2) is 0 Å². The summed E-state index contributed by atoms with van der Waals surface area (Å²) in [5, 5.41) is 8.74. The van der Waals surface area contributed by atoms with Crippen molar-refractivity contribution < 1.29 is 19.4 Å². The highest BCUT2D eigenvalue weighted by molar-refractivity contribution is 5.96. The maximum absolute atomic E-state index is 12.0. The van der Waals surface area contributed by atoms with E-state index in [4.69, 9.17) is 5.11 Å². The zero-order valence-corrected chi connectivity index (χ0v) is 18.6. The first-order valence-corrected chi connectivity index (χ1v) is 11.0. The predicted octanol–water partition coefficient (Wildman–Crippen LogP) is 6.92. The summed E-state index contributed by atoms with van der Waals surface area (Å²) in [6.45, 7) is 0. The van der Waals surface area contributed by atoms with Crippen molar-refractivity contribution >= 4 is 23.3 Å². The first-order chi connectivity index (χ1) is 16.6. The Morgan fingerprint density at radius 1 is 0.529 bits per heavy atom.